The van der Waals surface area contributed by atoms with Crippen LogP contribution in [-0.4, -0.2) is 47.3 Å². The van der Waals surface area contributed by atoms with E-state index in [0.29, 0.717) is 24.2 Å². The quantitative estimate of drug-likeness (QED) is 0.561. The number of methoxy groups -OCH3 is 1. The number of carbonyl (C=O) groups excluding carboxylic acids is 3. The Balaban J connectivity index is 2.01. The number of benzene rings is 1. The fourth-order valence-corrected chi connectivity index (χ4v) is 2.50. The number of aromatic nitrogens is 2. The van der Waals surface area contributed by atoms with E-state index < -0.39 is 18.0 Å². The highest BCUT2D eigenvalue weighted by Gasteiger charge is 2.23. The summed E-state index contributed by atoms with van der Waals surface area (Å²) in [6.45, 7) is 1.34. The number of imidazole rings is 1. The zero-order valence-electron chi connectivity index (χ0n) is 14.7. The number of hydrogen-bond donors (Lipinski definition) is 3. The Morgan fingerprint density at radius 2 is 1.96 bits per heavy atom. The molecule has 0 aliphatic rings. The van der Waals surface area contributed by atoms with Crippen LogP contribution >= 0.6 is 0 Å². The second kappa shape index (κ2) is 9.36. The van der Waals surface area contributed by atoms with Crippen LogP contribution < -0.4 is 15.4 Å². The number of hydrogen-bond acceptors (Lipinski definition) is 5. The smallest absolute Gasteiger partial charge is 0.243 e. The first-order valence-corrected chi connectivity index (χ1v) is 8.14. The van der Waals surface area contributed by atoms with Gasteiger partial charge in [0.25, 0.3) is 0 Å². The van der Waals surface area contributed by atoms with Gasteiger partial charge in [0.1, 0.15) is 18.1 Å². The van der Waals surface area contributed by atoms with Crippen LogP contribution in [-0.2, 0) is 27.2 Å². The molecule has 0 radical (unpaired) electrons. The lowest BCUT2D eigenvalue weighted by molar-refractivity contribution is -0.129. The molecule has 26 heavy (non-hydrogen) atoms. The number of amides is 2. The molecular weight excluding hydrogens is 336 g/mol. The average Bonchev–Trinajstić information content (AvgIpc) is 3.13. The van der Waals surface area contributed by atoms with Crippen LogP contribution in [0.2, 0.25) is 0 Å². The molecule has 1 heterocycles. The minimum Gasteiger partial charge on any atom is -0.497 e. The van der Waals surface area contributed by atoms with E-state index >= 15 is 0 Å². The Morgan fingerprint density at radius 3 is 2.50 bits per heavy atom. The summed E-state index contributed by atoms with van der Waals surface area (Å²) in [4.78, 5) is 42.1. The molecule has 0 fully saturated rings. The lowest BCUT2D eigenvalue weighted by Gasteiger charge is -2.20. The van der Waals surface area contributed by atoms with E-state index in [1.165, 1.54) is 13.3 Å². The fourth-order valence-electron chi connectivity index (χ4n) is 2.50. The third-order valence-electron chi connectivity index (χ3n) is 3.78. The van der Waals surface area contributed by atoms with E-state index in [1.807, 2.05) is 12.1 Å². The van der Waals surface area contributed by atoms with Crippen LogP contribution in [0.1, 0.15) is 18.2 Å². The molecule has 8 heteroatoms. The molecule has 2 amide bonds. The number of aldehydes is 1. The molecule has 0 unspecified atom stereocenters. The molecule has 0 spiro atoms. The van der Waals surface area contributed by atoms with Crippen molar-refractivity contribution >= 4 is 18.1 Å². The lowest BCUT2D eigenvalue weighted by atomic mass is 10.1. The molecule has 0 saturated carbocycles. The van der Waals surface area contributed by atoms with Crippen molar-refractivity contribution in [3.05, 3.63) is 48.0 Å². The Bertz CT molecular complexity index is 728. The summed E-state index contributed by atoms with van der Waals surface area (Å²) in [7, 11) is 1.57. The summed E-state index contributed by atoms with van der Waals surface area (Å²) in [5.74, 6) is -0.0476. The maximum Gasteiger partial charge on any atom is 0.243 e. The first kappa shape index (κ1) is 19.2. The number of aromatic amines is 1. The minimum absolute atomic E-state index is 0.250. The standard InChI is InChI=1S/C18H22N4O4/c1-12(24)21-17(8-14-9-19-11-20-14)18(25)22-15(10-23)7-13-3-5-16(26-2)6-4-13/h3-6,9-11,15,17H,7-8H2,1-2H3,(H,19,20)(H,21,24)(H,22,25)/t15-,17+/m1/s1. The summed E-state index contributed by atoms with van der Waals surface area (Å²) in [6.07, 6.45) is 4.35. The number of nitrogens with zero attached hydrogens (tertiary/aromatic N) is 1. The Kier molecular flexibility index (Phi) is 6.90. The molecule has 0 aliphatic heterocycles. The first-order chi connectivity index (χ1) is 12.5. The molecule has 138 valence electrons. The van der Waals surface area contributed by atoms with Crippen molar-refractivity contribution in [2.24, 2.45) is 0 Å². The number of rotatable bonds is 9. The van der Waals surface area contributed by atoms with Gasteiger partial charge in [0.2, 0.25) is 11.8 Å². The van der Waals surface area contributed by atoms with Gasteiger partial charge in [0.05, 0.1) is 19.5 Å². The summed E-state index contributed by atoms with van der Waals surface area (Å²) >= 11 is 0. The highest BCUT2D eigenvalue weighted by atomic mass is 16.5. The molecule has 0 saturated heterocycles. The van der Waals surface area contributed by atoms with Crippen molar-refractivity contribution in [2.75, 3.05) is 7.11 Å². The van der Waals surface area contributed by atoms with Gasteiger partial charge in [-0.3, -0.25) is 9.59 Å². The molecule has 1 aromatic heterocycles. The molecule has 8 nitrogen and oxygen atoms in total. The van der Waals surface area contributed by atoms with E-state index in [4.69, 9.17) is 4.74 Å². The van der Waals surface area contributed by atoms with Crippen LogP contribution in [0.25, 0.3) is 0 Å². The van der Waals surface area contributed by atoms with E-state index in [9.17, 15) is 14.4 Å². The van der Waals surface area contributed by atoms with Gasteiger partial charge >= 0.3 is 0 Å². The van der Waals surface area contributed by atoms with E-state index in [0.717, 1.165) is 5.56 Å². The minimum atomic E-state index is -0.800. The summed E-state index contributed by atoms with van der Waals surface area (Å²) in [6, 6.07) is 5.74. The second-order valence-electron chi connectivity index (χ2n) is 5.84. The number of nitrogens with one attached hydrogen (secondary N) is 3. The third-order valence-corrected chi connectivity index (χ3v) is 3.78. The zero-order chi connectivity index (χ0) is 18.9. The molecule has 2 aromatic rings. The lowest BCUT2D eigenvalue weighted by Crippen LogP contribution is -2.51. The molecule has 2 rings (SSSR count). The van der Waals surface area contributed by atoms with Crippen LogP contribution in [0.4, 0.5) is 0 Å². The number of H-pyrrole nitrogens is 1. The summed E-state index contributed by atoms with van der Waals surface area (Å²) in [5.41, 5.74) is 1.59. The van der Waals surface area contributed by atoms with Crippen molar-refractivity contribution in [3.63, 3.8) is 0 Å². The maximum absolute atomic E-state index is 12.5. The topological polar surface area (TPSA) is 113 Å². The van der Waals surface area contributed by atoms with Crippen molar-refractivity contribution in [1.29, 1.82) is 0 Å². The van der Waals surface area contributed by atoms with Gasteiger partial charge in [-0.25, -0.2) is 4.98 Å². The molecule has 1 aromatic carbocycles. The summed E-state index contributed by atoms with van der Waals surface area (Å²) in [5, 5.41) is 5.27. The summed E-state index contributed by atoms with van der Waals surface area (Å²) < 4.78 is 5.10. The Morgan fingerprint density at radius 1 is 1.23 bits per heavy atom. The van der Waals surface area contributed by atoms with Gasteiger partial charge in [-0.1, -0.05) is 12.1 Å². The second-order valence-corrected chi connectivity index (χ2v) is 5.84. The van der Waals surface area contributed by atoms with Crippen molar-refractivity contribution in [2.45, 2.75) is 31.8 Å². The van der Waals surface area contributed by atoms with E-state index in [-0.39, 0.29) is 12.3 Å². The van der Waals surface area contributed by atoms with Gasteiger partial charge in [-0.05, 0) is 24.1 Å². The van der Waals surface area contributed by atoms with Crippen LogP contribution in [0, 0.1) is 0 Å². The number of ether oxygens (including phenoxy) is 1. The number of carbonyl (C=O) groups is 3. The van der Waals surface area contributed by atoms with Crippen molar-refractivity contribution < 1.29 is 19.1 Å². The SMILES string of the molecule is COc1ccc(C[C@H](C=O)NC(=O)[C@H](Cc2cnc[nH]2)NC(C)=O)cc1. The van der Waals surface area contributed by atoms with Gasteiger partial charge in [0, 0.05) is 25.2 Å². The molecule has 2 atom stereocenters. The van der Waals surface area contributed by atoms with Gasteiger partial charge < -0.3 is 25.1 Å². The Labute approximate surface area is 151 Å². The zero-order valence-corrected chi connectivity index (χ0v) is 14.7. The monoisotopic (exact) mass is 358 g/mol. The predicted molar refractivity (Wildman–Crippen MR) is 94.6 cm³/mol. The first-order valence-electron chi connectivity index (χ1n) is 8.14. The normalized spacial score (nSPS) is 12.7. The highest BCUT2D eigenvalue weighted by Crippen LogP contribution is 2.12. The molecule has 0 aliphatic carbocycles. The van der Waals surface area contributed by atoms with Crippen molar-refractivity contribution in [3.8, 4) is 5.75 Å². The van der Waals surface area contributed by atoms with Gasteiger partial charge in [-0.2, -0.15) is 0 Å². The van der Waals surface area contributed by atoms with Gasteiger partial charge in [-0.15, -0.1) is 0 Å². The van der Waals surface area contributed by atoms with Crippen LogP contribution in [0.5, 0.6) is 5.75 Å². The average molecular weight is 358 g/mol. The maximum atomic E-state index is 12.5. The molecule has 0 bridgehead atoms. The van der Waals surface area contributed by atoms with Crippen molar-refractivity contribution in [1.82, 2.24) is 20.6 Å². The van der Waals surface area contributed by atoms with E-state index in [2.05, 4.69) is 20.6 Å². The molecule has 3 N–H and O–H groups in total. The van der Waals surface area contributed by atoms with Crippen LogP contribution in [0.15, 0.2) is 36.8 Å². The molecular formula is C18H22N4O4. The highest BCUT2D eigenvalue weighted by molar-refractivity contribution is 5.88. The van der Waals surface area contributed by atoms with E-state index in [1.54, 1.807) is 25.4 Å². The van der Waals surface area contributed by atoms with Gasteiger partial charge in [0.15, 0.2) is 0 Å². The van der Waals surface area contributed by atoms with Crippen LogP contribution in [0.3, 0.4) is 0 Å². The fraction of sp³-hybridized carbons (Fsp3) is 0.333. The largest absolute Gasteiger partial charge is 0.497 e. The Hall–Kier alpha value is -3.16. The predicted octanol–water partition coefficient (Wildman–Crippen LogP) is 0.392. The third kappa shape index (κ3) is 5.73.